The number of halogens is 2. The molecule has 0 aromatic carbocycles. The van der Waals surface area contributed by atoms with E-state index in [4.69, 9.17) is 11.6 Å². The molecule has 1 saturated carbocycles. The molecule has 72 valence electrons. The fourth-order valence-electron chi connectivity index (χ4n) is 1.86. The van der Waals surface area contributed by atoms with E-state index in [2.05, 4.69) is 13.8 Å². The molecule has 1 rings (SSSR count). The molecule has 0 N–H and O–H groups in total. The van der Waals surface area contributed by atoms with Crippen molar-refractivity contribution in [3.8, 4) is 0 Å². The summed E-state index contributed by atoms with van der Waals surface area (Å²) in [7, 11) is 0. The topological polar surface area (TPSA) is 0 Å². The van der Waals surface area contributed by atoms with Gasteiger partial charge in [0, 0.05) is 0 Å². The average Bonchev–Trinajstić information content (AvgIpc) is 1.94. The highest BCUT2D eigenvalue weighted by Crippen LogP contribution is 2.40. The molecular formula is C10H18ClF. The minimum atomic E-state index is -1.13. The van der Waals surface area contributed by atoms with Crippen LogP contribution >= 0.6 is 11.6 Å². The lowest BCUT2D eigenvalue weighted by atomic mass is 9.76. The highest BCUT2D eigenvalue weighted by molar-refractivity contribution is 6.21. The van der Waals surface area contributed by atoms with Crippen molar-refractivity contribution in [2.45, 2.75) is 51.1 Å². The van der Waals surface area contributed by atoms with Crippen LogP contribution in [0.5, 0.6) is 0 Å². The van der Waals surface area contributed by atoms with Crippen molar-refractivity contribution in [3.05, 3.63) is 0 Å². The van der Waals surface area contributed by atoms with Crippen molar-refractivity contribution in [2.24, 2.45) is 11.8 Å². The first-order valence-electron chi connectivity index (χ1n) is 4.76. The molecular weight excluding hydrogens is 175 g/mol. The van der Waals surface area contributed by atoms with Gasteiger partial charge in [0.25, 0.3) is 0 Å². The van der Waals surface area contributed by atoms with Gasteiger partial charge in [-0.05, 0) is 38.0 Å². The van der Waals surface area contributed by atoms with Gasteiger partial charge in [-0.3, -0.25) is 0 Å². The highest BCUT2D eigenvalue weighted by Gasteiger charge is 2.39. The van der Waals surface area contributed by atoms with Crippen LogP contribution in [0.25, 0.3) is 0 Å². The second kappa shape index (κ2) is 3.53. The van der Waals surface area contributed by atoms with Crippen LogP contribution in [0.4, 0.5) is 4.39 Å². The molecule has 0 aliphatic heterocycles. The second-order valence-corrected chi connectivity index (χ2v) is 5.05. The van der Waals surface area contributed by atoms with Crippen LogP contribution in [0.3, 0.4) is 0 Å². The molecule has 0 radical (unpaired) electrons. The van der Waals surface area contributed by atoms with Crippen molar-refractivity contribution < 1.29 is 4.39 Å². The largest absolute Gasteiger partial charge is 0.243 e. The Bertz CT molecular complexity index is 154. The molecule has 0 amide bonds. The standard InChI is InChI=1S/C10H18ClF/c1-7(2)8-4-5-10(3,12)9(11)6-8/h7-9H,4-6H2,1-3H3. The summed E-state index contributed by atoms with van der Waals surface area (Å²) in [4.78, 5) is 0. The summed E-state index contributed by atoms with van der Waals surface area (Å²) in [5, 5.41) is -0.279. The van der Waals surface area contributed by atoms with E-state index in [-0.39, 0.29) is 5.38 Å². The Labute approximate surface area is 79.5 Å². The first-order valence-corrected chi connectivity index (χ1v) is 5.20. The van der Waals surface area contributed by atoms with Gasteiger partial charge in [0.05, 0.1) is 5.38 Å². The molecule has 0 saturated heterocycles. The summed E-state index contributed by atoms with van der Waals surface area (Å²) in [6, 6.07) is 0. The summed E-state index contributed by atoms with van der Waals surface area (Å²) < 4.78 is 13.6. The van der Waals surface area contributed by atoms with Crippen LogP contribution in [0, 0.1) is 11.8 Å². The fraction of sp³-hybridized carbons (Fsp3) is 1.00. The molecule has 3 atom stereocenters. The predicted octanol–water partition coefficient (Wildman–Crippen LogP) is 3.78. The van der Waals surface area contributed by atoms with Crippen LogP contribution in [-0.2, 0) is 0 Å². The molecule has 0 aromatic rings. The van der Waals surface area contributed by atoms with E-state index in [1.165, 1.54) is 0 Å². The van der Waals surface area contributed by atoms with Crippen LogP contribution in [0.15, 0.2) is 0 Å². The SMILES string of the molecule is CC(C)C1CCC(C)(F)C(Cl)C1. The number of rotatable bonds is 1. The monoisotopic (exact) mass is 192 g/mol. The molecule has 0 nitrogen and oxygen atoms in total. The minimum absolute atomic E-state index is 0.279. The fourth-order valence-corrected chi connectivity index (χ4v) is 2.20. The van der Waals surface area contributed by atoms with E-state index >= 15 is 0 Å². The van der Waals surface area contributed by atoms with Crippen molar-refractivity contribution in [2.75, 3.05) is 0 Å². The Kier molecular flexibility index (Phi) is 3.03. The quantitative estimate of drug-likeness (QED) is 0.555. The Balaban J connectivity index is 2.52. The van der Waals surface area contributed by atoms with Crippen LogP contribution in [0.1, 0.15) is 40.0 Å². The van der Waals surface area contributed by atoms with E-state index in [1.54, 1.807) is 6.92 Å². The Morgan fingerprint density at radius 2 is 2.08 bits per heavy atom. The highest BCUT2D eigenvalue weighted by atomic mass is 35.5. The summed E-state index contributed by atoms with van der Waals surface area (Å²) in [5.74, 6) is 1.26. The third-order valence-corrected chi connectivity index (χ3v) is 3.74. The molecule has 0 aromatic heterocycles. The van der Waals surface area contributed by atoms with Gasteiger partial charge in [-0.1, -0.05) is 13.8 Å². The van der Waals surface area contributed by atoms with Crippen molar-refractivity contribution >= 4 is 11.6 Å². The number of hydrogen-bond acceptors (Lipinski definition) is 0. The Hall–Kier alpha value is 0.220. The maximum Gasteiger partial charge on any atom is 0.124 e. The lowest BCUT2D eigenvalue weighted by Crippen LogP contribution is -2.38. The van der Waals surface area contributed by atoms with Gasteiger partial charge < -0.3 is 0 Å². The molecule has 0 spiro atoms. The maximum absolute atomic E-state index is 13.6. The van der Waals surface area contributed by atoms with E-state index in [0.29, 0.717) is 18.3 Å². The van der Waals surface area contributed by atoms with Gasteiger partial charge in [0.15, 0.2) is 0 Å². The van der Waals surface area contributed by atoms with Crippen LogP contribution in [-0.4, -0.2) is 11.0 Å². The van der Waals surface area contributed by atoms with E-state index < -0.39 is 5.67 Å². The molecule has 1 aliphatic rings. The third-order valence-electron chi connectivity index (χ3n) is 3.11. The van der Waals surface area contributed by atoms with E-state index in [9.17, 15) is 4.39 Å². The van der Waals surface area contributed by atoms with Gasteiger partial charge in [-0.2, -0.15) is 0 Å². The summed E-state index contributed by atoms with van der Waals surface area (Å²) in [6.07, 6.45) is 2.46. The molecule has 12 heavy (non-hydrogen) atoms. The van der Waals surface area contributed by atoms with Gasteiger partial charge in [-0.25, -0.2) is 4.39 Å². The molecule has 1 fully saturated rings. The zero-order valence-electron chi connectivity index (χ0n) is 8.11. The lowest BCUT2D eigenvalue weighted by molar-refractivity contribution is 0.0944. The normalized spacial score (nSPS) is 43.5. The first kappa shape index (κ1) is 10.3. The molecule has 1 aliphatic carbocycles. The van der Waals surface area contributed by atoms with Gasteiger partial charge in [-0.15, -0.1) is 11.6 Å². The van der Waals surface area contributed by atoms with Crippen molar-refractivity contribution in [1.29, 1.82) is 0 Å². The predicted molar refractivity (Wildman–Crippen MR) is 51.3 cm³/mol. The lowest BCUT2D eigenvalue weighted by Gasteiger charge is -2.37. The minimum Gasteiger partial charge on any atom is -0.243 e. The Morgan fingerprint density at radius 3 is 2.50 bits per heavy atom. The van der Waals surface area contributed by atoms with E-state index in [1.807, 2.05) is 0 Å². The summed E-state index contributed by atoms with van der Waals surface area (Å²) in [5.41, 5.74) is -1.13. The average molecular weight is 193 g/mol. The van der Waals surface area contributed by atoms with Crippen LogP contribution in [0.2, 0.25) is 0 Å². The number of hydrogen-bond donors (Lipinski definition) is 0. The van der Waals surface area contributed by atoms with Gasteiger partial charge in [0.2, 0.25) is 0 Å². The van der Waals surface area contributed by atoms with E-state index in [0.717, 1.165) is 12.8 Å². The number of alkyl halides is 2. The zero-order valence-corrected chi connectivity index (χ0v) is 8.87. The summed E-state index contributed by atoms with van der Waals surface area (Å²) >= 11 is 5.97. The smallest absolute Gasteiger partial charge is 0.124 e. The second-order valence-electron chi connectivity index (χ2n) is 4.52. The molecule has 0 bridgehead atoms. The zero-order chi connectivity index (χ0) is 9.35. The molecule has 0 heterocycles. The van der Waals surface area contributed by atoms with Gasteiger partial charge in [0.1, 0.15) is 5.67 Å². The molecule has 3 unspecified atom stereocenters. The maximum atomic E-state index is 13.6. The van der Waals surface area contributed by atoms with Crippen molar-refractivity contribution in [3.63, 3.8) is 0 Å². The van der Waals surface area contributed by atoms with Crippen LogP contribution < -0.4 is 0 Å². The first-order chi connectivity index (χ1) is 5.43. The summed E-state index contributed by atoms with van der Waals surface area (Å²) in [6.45, 7) is 6.01. The van der Waals surface area contributed by atoms with Gasteiger partial charge >= 0.3 is 0 Å². The Morgan fingerprint density at radius 1 is 1.50 bits per heavy atom. The third kappa shape index (κ3) is 2.12. The molecule has 2 heteroatoms. The van der Waals surface area contributed by atoms with Crippen molar-refractivity contribution in [1.82, 2.24) is 0 Å².